The summed E-state index contributed by atoms with van der Waals surface area (Å²) in [6.07, 6.45) is 1.51. The molecule has 3 N–H and O–H groups in total. The summed E-state index contributed by atoms with van der Waals surface area (Å²) < 4.78 is 5.37. The molecule has 0 saturated heterocycles. The second kappa shape index (κ2) is 6.07. The van der Waals surface area contributed by atoms with Crippen LogP contribution >= 0.6 is 0 Å². The second-order valence-electron chi connectivity index (χ2n) is 3.70. The highest BCUT2D eigenvalue weighted by Crippen LogP contribution is 2.08. The molecule has 0 saturated carbocycles. The van der Waals surface area contributed by atoms with Crippen LogP contribution in [-0.2, 0) is 0 Å². The van der Waals surface area contributed by atoms with Gasteiger partial charge in [0.15, 0.2) is 0 Å². The molecule has 0 radical (unpaired) electrons. The van der Waals surface area contributed by atoms with Gasteiger partial charge in [-0.05, 0) is 6.07 Å². The number of pyridine rings is 1. The Morgan fingerprint density at radius 2 is 2.38 bits per heavy atom. The fourth-order valence-corrected chi connectivity index (χ4v) is 1.14. The van der Waals surface area contributed by atoms with Crippen molar-refractivity contribution >= 4 is 5.91 Å². The average Bonchev–Trinajstić information content (AvgIpc) is 2.24. The minimum atomic E-state index is -0.479. The van der Waals surface area contributed by atoms with E-state index in [9.17, 15) is 4.79 Å². The molecule has 16 heavy (non-hydrogen) atoms. The number of hydrogen-bond acceptors (Lipinski definition) is 4. The van der Waals surface area contributed by atoms with E-state index >= 15 is 0 Å². The molecule has 0 aliphatic heterocycles. The van der Waals surface area contributed by atoms with Crippen LogP contribution in [0.25, 0.3) is 0 Å². The number of carbonyl (C=O) groups excluding carboxylic acids is 1. The highest BCUT2D eigenvalue weighted by molar-refractivity contribution is 5.92. The van der Waals surface area contributed by atoms with Gasteiger partial charge in [0, 0.05) is 30.4 Å². The summed E-state index contributed by atoms with van der Waals surface area (Å²) >= 11 is 0. The Bertz CT molecular complexity index is 353. The fourth-order valence-electron chi connectivity index (χ4n) is 1.14. The van der Waals surface area contributed by atoms with Gasteiger partial charge in [-0.25, -0.2) is 4.98 Å². The van der Waals surface area contributed by atoms with E-state index in [0.29, 0.717) is 24.1 Å². The van der Waals surface area contributed by atoms with Crippen LogP contribution in [0.5, 0.6) is 5.88 Å². The molecule has 0 atom stereocenters. The molecule has 0 aromatic carbocycles. The van der Waals surface area contributed by atoms with Gasteiger partial charge in [0.25, 0.3) is 0 Å². The lowest BCUT2D eigenvalue weighted by Crippen LogP contribution is -2.27. The number of ether oxygens (including phenoxy) is 1. The minimum absolute atomic E-state index is 0.404. The Morgan fingerprint density at radius 1 is 1.62 bits per heavy atom. The third-order valence-electron chi connectivity index (χ3n) is 1.92. The Labute approximate surface area is 95.0 Å². The van der Waals surface area contributed by atoms with Gasteiger partial charge >= 0.3 is 0 Å². The second-order valence-corrected chi connectivity index (χ2v) is 3.70. The molecule has 0 bridgehead atoms. The van der Waals surface area contributed by atoms with Gasteiger partial charge in [-0.3, -0.25) is 4.79 Å². The zero-order valence-electron chi connectivity index (χ0n) is 9.56. The number of hydrogen-bond donors (Lipinski definition) is 2. The first-order valence-corrected chi connectivity index (χ1v) is 5.21. The predicted molar refractivity (Wildman–Crippen MR) is 61.4 cm³/mol. The van der Waals surface area contributed by atoms with E-state index in [1.54, 1.807) is 6.07 Å². The monoisotopic (exact) mass is 223 g/mol. The third-order valence-corrected chi connectivity index (χ3v) is 1.92. The maximum absolute atomic E-state index is 10.9. The van der Waals surface area contributed by atoms with Crippen molar-refractivity contribution in [3.63, 3.8) is 0 Å². The maximum atomic E-state index is 10.9. The summed E-state index contributed by atoms with van der Waals surface area (Å²) in [5.41, 5.74) is 5.55. The van der Waals surface area contributed by atoms with Gasteiger partial charge in [0.1, 0.15) is 6.61 Å². The van der Waals surface area contributed by atoms with Crippen LogP contribution in [0, 0.1) is 0 Å². The van der Waals surface area contributed by atoms with Gasteiger partial charge in [0.05, 0.1) is 0 Å². The average molecular weight is 223 g/mol. The smallest absolute Gasteiger partial charge is 0.248 e. The van der Waals surface area contributed by atoms with Crippen molar-refractivity contribution in [2.24, 2.45) is 5.73 Å². The number of nitrogens with zero attached hydrogens (tertiary/aromatic N) is 1. The largest absolute Gasteiger partial charge is 0.476 e. The summed E-state index contributed by atoms with van der Waals surface area (Å²) in [5, 5.41) is 3.21. The normalized spacial score (nSPS) is 10.4. The number of rotatable bonds is 6. The van der Waals surface area contributed by atoms with Crippen molar-refractivity contribution in [2.75, 3.05) is 13.2 Å². The fraction of sp³-hybridized carbons (Fsp3) is 0.455. The summed E-state index contributed by atoms with van der Waals surface area (Å²) in [4.78, 5) is 14.9. The van der Waals surface area contributed by atoms with Crippen molar-refractivity contribution in [3.05, 3.63) is 23.9 Å². The van der Waals surface area contributed by atoms with Crippen LogP contribution in [0.2, 0.25) is 0 Å². The number of nitrogens with two attached hydrogens (primary N) is 1. The number of carbonyl (C=O) groups is 1. The summed E-state index contributed by atoms with van der Waals surface area (Å²) in [6, 6.07) is 3.52. The van der Waals surface area contributed by atoms with E-state index in [1.807, 2.05) is 0 Å². The highest BCUT2D eigenvalue weighted by atomic mass is 16.5. The lowest BCUT2D eigenvalue weighted by molar-refractivity contribution is 0.0999. The van der Waals surface area contributed by atoms with Crippen LogP contribution in [0.15, 0.2) is 18.3 Å². The van der Waals surface area contributed by atoms with E-state index in [1.165, 1.54) is 12.3 Å². The molecule has 88 valence electrons. The van der Waals surface area contributed by atoms with E-state index < -0.39 is 5.91 Å². The van der Waals surface area contributed by atoms with Gasteiger partial charge in [-0.1, -0.05) is 13.8 Å². The molecule has 1 rings (SSSR count). The molecule has 0 fully saturated rings. The molecule has 5 heteroatoms. The summed E-state index contributed by atoms with van der Waals surface area (Å²) in [7, 11) is 0. The van der Waals surface area contributed by atoms with Crippen molar-refractivity contribution in [1.82, 2.24) is 10.3 Å². The Kier molecular flexibility index (Phi) is 4.72. The zero-order chi connectivity index (χ0) is 12.0. The van der Waals surface area contributed by atoms with Gasteiger partial charge in [0.2, 0.25) is 11.8 Å². The van der Waals surface area contributed by atoms with Gasteiger partial charge < -0.3 is 15.8 Å². The van der Waals surface area contributed by atoms with E-state index in [4.69, 9.17) is 10.5 Å². The Hall–Kier alpha value is -1.62. The minimum Gasteiger partial charge on any atom is -0.476 e. The molecule has 0 spiro atoms. The summed E-state index contributed by atoms with van der Waals surface area (Å²) in [6.45, 7) is 5.37. The predicted octanol–water partition coefficient (Wildman–Crippen LogP) is 0.557. The topological polar surface area (TPSA) is 77.2 Å². The SMILES string of the molecule is CC(C)NCCOc1cc(C(N)=O)ccn1. The molecule has 0 unspecified atom stereocenters. The number of primary amides is 1. The van der Waals surface area contributed by atoms with E-state index in [2.05, 4.69) is 24.1 Å². The molecule has 1 amide bonds. The van der Waals surface area contributed by atoms with Crippen molar-refractivity contribution in [1.29, 1.82) is 0 Å². The van der Waals surface area contributed by atoms with Crippen molar-refractivity contribution < 1.29 is 9.53 Å². The van der Waals surface area contributed by atoms with Crippen LogP contribution < -0.4 is 15.8 Å². The summed E-state index contributed by atoms with van der Waals surface area (Å²) in [5.74, 6) is -0.0607. The third kappa shape index (κ3) is 4.27. The first-order valence-electron chi connectivity index (χ1n) is 5.21. The van der Waals surface area contributed by atoms with Crippen LogP contribution in [0.1, 0.15) is 24.2 Å². The molecular formula is C11H17N3O2. The Balaban J connectivity index is 2.42. The lowest BCUT2D eigenvalue weighted by Gasteiger charge is -2.09. The first-order chi connectivity index (χ1) is 7.59. The van der Waals surface area contributed by atoms with Gasteiger partial charge in [-0.15, -0.1) is 0 Å². The molecule has 0 aliphatic carbocycles. The van der Waals surface area contributed by atoms with Crippen LogP contribution in [0.4, 0.5) is 0 Å². The molecule has 1 aromatic rings. The van der Waals surface area contributed by atoms with E-state index in [-0.39, 0.29) is 0 Å². The molecular weight excluding hydrogens is 206 g/mol. The molecule has 1 aromatic heterocycles. The van der Waals surface area contributed by atoms with Gasteiger partial charge in [-0.2, -0.15) is 0 Å². The molecule has 5 nitrogen and oxygen atoms in total. The number of aromatic nitrogens is 1. The highest BCUT2D eigenvalue weighted by Gasteiger charge is 2.02. The zero-order valence-corrected chi connectivity index (χ0v) is 9.56. The van der Waals surface area contributed by atoms with Crippen LogP contribution in [-0.4, -0.2) is 30.1 Å². The standard InChI is InChI=1S/C11H17N3O2/c1-8(2)13-5-6-16-10-7-9(11(12)15)3-4-14-10/h3-4,7-8,13H,5-6H2,1-2H3,(H2,12,15). The van der Waals surface area contributed by atoms with Crippen LogP contribution in [0.3, 0.4) is 0 Å². The molecule has 0 aliphatic rings. The molecule has 1 heterocycles. The quantitative estimate of drug-likeness (QED) is 0.691. The Morgan fingerprint density at radius 3 is 3.00 bits per heavy atom. The number of nitrogens with one attached hydrogen (secondary N) is 1. The first kappa shape index (κ1) is 12.4. The van der Waals surface area contributed by atoms with Crippen molar-refractivity contribution in [3.8, 4) is 5.88 Å². The van der Waals surface area contributed by atoms with Crippen molar-refractivity contribution in [2.45, 2.75) is 19.9 Å². The van der Waals surface area contributed by atoms with E-state index in [0.717, 1.165) is 6.54 Å². The lowest BCUT2D eigenvalue weighted by atomic mass is 10.2. The maximum Gasteiger partial charge on any atom is 0.248 e. The number of amides is 1.